The molecule has 1 N–H and O–H groups in total. The van der Waals surface area contributed by atoms with Crippen molar-refractivity contribution in [2.45, 2.75) is 50.3 Å². The largest absolute Gasteiger partial charge is 0.316 e. The average Bonchev–Trinajstić information content (AvgIpc) is 2.28. The van der Waals surface area contributed by atoms with E-state index in [2.05, 4.69) is 69.2 Å². The molecule has 2 rings (SSSR count). The molecule has 1 aliphatic rings. The highest BCUT2D eigenvalue weighted by Gasteiger charge is 2.28. The van der Waals surface area contributed by atoms with Crippen LogP contribution in [0.5, 0.6) is 0 Å². The minimum absolute atomic E-state index is 0.368. The van der Waals surface area contributed by atoms with Crippen LogP contribution in [-0.2, 0) is 6.42 Å². The van der Waals surface area contributed by atoms with Gasteiger partial charge in [0.2, 0.25) is 0 Å². The van der Waals surface area contributed by atoms with E-state index in [0.717, 1.165) is 5.92 Å². The Morgan fingerprint density at radius 2 is 2.06 bits per heavy atom. The Morgan fingerprint density at radius 3 is 2.67 bits per heavy atom. The quantitative estimate of drug-likeness (QED) is 0.866. The number of benzene rings is 1. The zero-order chi connectivity index (χ0) is 13.2. The van der Waals surface area contributed by atoms with Crippen molar-refractivity contribution in [2.75, 3.05) is 12.8 Å². The van der Waals surface area contributed by atoms with Gasteiger partial charge in [0, 0.05) is 16.5 Å². The molecule has 1 aliphatic carbocycles. The van der Waals surface area contributed by atoms with Crippen molar-refractivity contribution in [3.05, 3.63) is 35.4 Å². The predicted octanol–water partition coefficient (Wildman–Crippen LogP) is 3.84. The third-order valence-electron chi connectivity index (χ3n) is 3.66. The Kier molecular flexibility index (Phi) is 4.39. The minimum atomic E-state index is 0.368. The Hall–Kier alpha value is -0.470. The smallest absolute Gasteiger partial charge is 0.0161 e. The first-order valence-electron chi connectivity index (χ1n) is 6.88. The number of fused-ring (bicyclic) bond motifs is 1. The molecule has 0 fully saturated rings. The summed E-state index contributed by atoms with van der Waals surface area (Å²) in [6.45, 7) is 6.88. The topological polar surface area (TPSA) is 12.0 Å². The van der Waals surface area contributed by atoms with Crippen molar-refractivity contribution < 1.29 is 0 Å². The van der Waals surface area contributed by atoms with E-state index in [4.69, 9.17) is 0 Å². The normalized spacial score (nSPS) is 20.1. The van der Waals surface area contributed by atoms with Crippen molar-refractivity contribution in [3.63, 3.8) is 0 Å². The number of thioether (sulfide) groups is 1. The second-order valence-corrected chi connectivity index (χ2v) is 8.09. The van der Waals surface area contributed by atoms with Gasteiger partial charge in [-0.15, -0.1) is 0 Å². The lowest BCUT2D eigenvalue weighted by molar-refractivity contribution is 0.467. The Labute approximate surface area is 116 Å². The molecule has 2 unspecified atom stereocenters. The molecule has 1 aromatic rings. The van der Waals surface area contributed by atoms with Crippen molar-refractivity contribution in [2.24, 2.45) is 0 Å². The molecule has 100 valence electrons. The summed E-state index contributed by atoms with van der Waals surface area (Å²) in [4.78, 5) is 0. The summed E-state index contributed by atoms with van der Waals surface area (Å²) in [5, 5.41) is 3.48. The Balaban J connectivity index is 1.86. The van der Waals surface area contributed by atoms with Gasteiger partial charge in [0.25, 0.3) is 0 Å². The lowest BCUT2D eigenvalue weighted by Gasteiger charge is -2.33. The van der Waals surface area contributed by atoms with Crippen molar-refractivity contribution in [3.8, 4) is 0 Å². The van der Waals surface area contributed by atoms with Crippen LogP contribution >= 0.6 is 11.8 Å². The molecule has 18 heavy (non-hydrogen) atoms. The first kappa shape index (κ1) is 14.0. The summed E-state index contributed by atoms with van der Waals surface area (Å²) < 4.78 is 0.368. The maximum Gasteiger partial charge on any atom is 0.0161 e. The van der Waals surface area contributed by atoms with E-state index in [1.165, 1.54) is 18.6 Å². The van der Waals surface area contributed by atoms with E-state index in [1.54, 1.807) is 11.1 Å². The van der Waals surface area contributed by atoms with Crippen LogP contribution in [0, 0.1) is 0 Å². The second-order valence-electron chi connectivity index (χ2n) is 6.24. The molecule has 0 amide bonds. The van der Waals surface area contributed by atoms with E-state index < -0.39 is 0 Å². The van der Waals surface area contributed by atoms with Gasteiger partial charge in [0.05, 0.1) is 0 Å². The van der Waals surface area contributed by atoms with E-state index in [1.807, 2.05) is 0 Å². The fourth-order valence-corrected chi connectivity index (χ4v) is 3.54. The van der Waals surface area contributed by atoms with Gasteiger partial charge in [-0.05, 0) is 36.9 Å². The zero-order valence-electron chi connectivity index (χ0n) is 12.0. The van der Waals surface area contributed by atoms with Gasteiger partial charge in [0.15, 0.2) is 0 Å². The molecule has 1 aromatic carbocycles. The van der Waals surface area contributed by atoms with Gasteiger partial charge in [-0.25, -0.2) is 0 Å². The van der Waals surface area contributed by atoms with E-state index in [9.17, 15) is 0 Å². The highest BCUT2D eigenvalue weighted by Crippen LogP contribution is 2.38. The predicted molar refractivity (Wildman–Crippen MR) is 82.6 cm³/mol. The summed E-state index contributed by atoms with van der Waals surface area (Å²) in [6, 6.07) is 9.52. The van der Waals surface area contributed by atoms with E-state index in [-0.39, 0.29) is 0 Å². The molecule has 0 saturated heterocycles. The van der Waals surface area contributed by atoms with Gasteiger partial charge >= 0.3 is 0 Å². The standard InChI is InChI=1S/C16H25NS/c1-16(2,3)18-11-14(17-4)10-13-9-12-7-5-6-8-15(12)13/h5-8,13-14,17H,9-11H2,1-4H3. The summed E-state index contributed by atoms with van der Waals surface area (Å²) in [6.07, 6.45) is 2.55. The van der Waals surface area contributed by atoms with Crippen LogP contribution in [0.4, 0.5) is 0 Å². The number of nitrogens with one attached hydrogen (secondary N) is 1. The average molecular weight is 263 g/mol. The van der Waals surface area contributed by atoms with Gasteiger partial charge in [-0.3, -0.25) is 0 Å². The lowest BCUT2D eigenvalue weighted by atomic mass is 9.74. The highest BCUT2D eigenvalue weighted by atomic mass is 32.2. The van der Waals surface area contributed by atoms with Crippen LogP contribution in [0.25, 0.3) is 0 Å². The Morgan fingerprint density at radius 1 is 1.33 bits per heavy atom. The lowest BCUT2D eigenvalue weighted by Crippen LogP contribution is -2.33. The van der Waals surface area contributed by atoms with E-state index in [0.29, 0.717) is 10.8 Å². The van der Waals surface area contributed by atoms with Crippen molar-refractivity contribution in [1.82, 2.24) is 5.32 Å². The molecule has 0 radical (unpaired) electrons. The molecule has 0 spiro atoms. The van der Waals surface area contributed by atoms with Crippen LogP contribution < -0.4 is 5.32 Å². The van der Waals surface area contributed by atoms with Gasteiger partial charge in [-0.2, -0.15) is 11.8 Å². The SMILES string of the molecule is CNC(CSC(C)(C)C)CC1Cc2ccccc21. The fraction of sp³-hybridized carbons (Fsp3) is 0.625. The van der Waals surface area contributed by atoms with Crippen molar-refractivity contribution >= 4 is 11.8 Å². The molecule has 0 heterocycles. The van der Waals surface area contributed by atoms with Crippen LogP contribution in [0.15, 0.2) is 24.3 Å². The van der Waals surface area contributed by atoms with Gasteiger partial charge in [-0.1, -0.05) is 45.0 Å². The van der Waals surface area contributed by atoms with Crippen LogP contribution in [-0.4, -0.2) is 23.6 Å². The molecule has 2 atom stereocenters. The van der Waals surface area contributed by atoms with Crippen LogP contribution in [0.2, 0.25) is 0 Å². The summed E-state index contributed by atoms with van der Waals surface area (Å²) in [5.41, 5.74) is 3.14. The molecule has 0 aromatic heterocycles. The molecule has 0 aliphatic heterocycles. The third kappa shape index (κ3) is 3.52. The fourth-order valence-electron chi connectivity index (χ4n) is 2.54. The maximum absolute atomic E-state index is 3.48. The van der Waals surface area contributed by atoms with E-state index >= 15 is 0 Å². The minimum Gasteiger partial charge on any atom is -0.316 e. The molecule has 1 nitrogen and oxygen atoms in total. The number of rotatable bonds is 5. The van der Waals surface area contributed by atoms with Gasteiger partial charge < -0.3 is 5.32 Å². The molecular formula is C16H25NS. The van der Waals surface area contributed by atoms with Crippen LogP contribution in [0.1, 0.15) is 44.2 Å². The number of hydrogen-bond donors (Lipinski definition) is 1. The Bertz CT molecular complexity index is 394. The highest BCUT2D eigenvalue weighted by molar-refractivity contribution is 8.00. The molecule has 0 saturated carbocycles. The third-order valence-corrected chi connectivity index (χ3v) is 5.09. The molecule has 0 bridgehead atoms. The second kappa shape index (κ2) is 5.66. The van der Waals surface area contributed by atoms with Gasteiger partial charge in [0.1, 0.15) is 0 Å². The van der Waals surface area contributed by atoms with Crippen LogP contribution in [0.3, 0.4) is 0 Å². The number of hydrogen-bond acceptors (Lipinski definition) is 2. The first-order valence-corrected chi connectivity index (χ1v) is 7.87. The summed E-state index contributed by atoms with van der Waals surface area (Å²) in [5.74, 6) is 1.98. The first-order chi connectivity index (χ1) is 8.49. The summed E-state index contributed by atoms with van der Waals surface area (Å²) in [7, 11) is 2.10. The zero-order valence-corrected chi connectivity index (χ0v) is 12.8. The van der Waals surface area contributed by atoms with Crippen molar-refractivity contribution in [1.29, 1.82) is 0 Å². The summed E-state index contributed by atoms with van der Waals surface area (Å²) >= 11 is 2.06. The monoisotopic (exact) mass is 263 g/mol. The maximum atomic E-state index is 3.48. The molecule has 2 heteroatoms. The molecular weight excluding hydrogens is 238 g/mol.